The first kappa shape index (κ1) is 25.7. The predicted molar refractivity (Wildman–Crippen MR) is 146 cm³/mol. The number of H-pyrrole nitrogens is 1. The summed E-state index contributed by atoms with van der Waals surface area (Å²) < 4.78 is 6.87. The third kappa shape index (κ3) is 6.26. The Bertz CT molecular complexity index is 1190. The van der Waals surface area contributed by atoms with E-state index in [0.29, 0.717) is 34.8 Å². The minimum Gasteiger partial charge on any atom is -0.490 e. The van der Waals surface area contributed by atoms with Gasteiger partial charge >= 0.3 is 0 Å². The van der Waals surface area contributed by atoms with Crippen molar-refractivity contribution in [3.63, 3.8) is 0 Å². The second-order valence-corrected chi connectivity index (χ2v) is 10.2. The van der Waals surface area contributed by atoms with E-state index >= 15 is 0 Å². The van der Waals surface area contributed by atoms with Gasteiger partial charge in [0, 0.05) is 17.9 Å². The summed E-state index contributed by atoms with van der Waals surface area (Å²) in [4.78, 5) is 27.2. The number of halogens is 2. The molecule has 2 aromatic heterocycles. The molecule has 0 spiro atoms. The van der Waals surface area contributed by atoms with Gasteiger partial charge in [-0.05, 0) is 98.9 Å². The zero-order valence-electron chi connectivity index (χ0n) is 19.8. The molecular weight excluding hydrogens is 532 g/mol. The first-order valence-corrected chi connectivity index (χ1v) is 12.9. The van der Waals surface area contributed by atoms with Crippen molar-refractivity contribution in [2.75, 3.05) is 30.8 Å². The van der Waals surface area contributed by atoms with Crippen LogP contribution in [0.3, 0.4) is 0 Å². The fourth-order valence-corrected chi connectivity index (χ4v) is 5.14. The largest absolute Gasteiger partial charge is 0.490 e. The van der Waals surface area contributed by atoms with Crippen LogP contribution in [0.1, 0.15) is 44.9 Å². The summed E-state index contributed by atoms with van der Waals surface area (Å²) >= 11 is 3.54. The van der Waals surface area contributed by atoms with Crippen LogP contribution in [0.15, 0.2) is 39.7 Å². The fourth-order valence-electron chi connectivity index (χ4n) is 4.74. The van der Waals surface area contributed by atoms with E-state index in [9.17, 15) is 4.79 Å². The second kappa shape index (κ2) is 11.6. The molecule has 1 saturated heterocycles. The van der Waals surface area contributed by atoms with Crippen LogP contribution in [0.4, 0.5) is 17.5 Å². The normalized spacial score (nSPS) is 17.7. The highest BCUT2D eigenvalue weighted by Crippen LogP contribution is 2.29. The highest BCUT2D eigenvalue weighted by atomic mass is 79.9. The van der Waals surface area contributed by atoms with E-state index in [1.165, 1.54) is 19.3 Å². The number of nitrogens with one attached hydrogen (secondary N) is 3. The number of anilines is 3. The van der Waals surface area contributed by atoms with E-state index in [4.69, 9.17) is 9.72 Å². The number of aromatic nitrogens is 3. The number of ether oxygens (including phenoxy) is 1. The molecule has 3 aromatic rings. The molecule has 10 heteroatoms. The average Bonchev–Trinajstić information content (AvgIpc) is 2.85. The van der Waals surface area contributed by atoms with Crippen LogP contribution >= 0.6 is 28.3 Å². The van der Waals surface area contributed by atoms with Gasteiger partial charge in [-0.1, -0.05) is 6.42 Å². The first-order valence-electron chi connectivity index (χ1n) is 12.1. The number of benzene rings is 1. The molecule has 0 unspecified atom stereocenters. The minimum atomic E-state index is -0.233. The van der Waals surface area contributed by atoms with Crippen LogP contribution in [0, 0.1) is 0 Å². The van der Waals surface area contributed by atoms with E-state index < -0.39 is 0 Å². The summed E-state index contributed by atoms with van der Waals surface area (Å²) in [5.74, 6) is 1.87. The lowest BCUT2D eigenvalue weighted by atomic mass is 9.98. The Morgan fingerprint density at radius 1 is 1.06 bits per heavy atom. The Morgan fingerprint density at radius 2 is 1.77 bits per heavy atom. The molecule has 0 bridgehead atoms. The topological polar surface area (TPSA) is 95.2 Å². The number of hydrogen-bond donors (Lipinski definition) is 3. The van der Waals surface area contributed by atoms with Gasteiger partial charge < -0.3 is 25.3 Å². The number of likely N-dealkylation sites (tertiary alicyclic amines) is 1. The predicted octanol–water partition coefficient (Wildman–Crippen LogP) is 5.46. The number of aromatic amines is 1. The van der Waals surface area contributed by atoms with E-state index in [-0.39, 0.29) is 18.0 Å². The molecule has 8 nitrogen and oxygen atoms in total. The smallest absolute Gasteiger partial charge is 0.261 e. The number of hydrogen-bond acceptors (Lipinski definition) is 7. The van der Waals surface area contributed by atoms with Crippen LogP contribution in [0.25, 0.3) is 10.9 Å². The molecule has 5 rings (SSSR count). The third-order valence-corrected chi connectivity index (χ3v) is 7.32. The van der Waals surface area contributed by atoms with Crippen molar-refractivity contribution in [2.45, 2.75) is 57.1 Å². The van der Waals surface area contributed by atoms with Crippen LogP contribution < -0.4 is 20.9 Å². The number of piperidine rings is 1. The molecule has 3 heterocycles. The molecule has 1 aliphatic carbocycles. The first-order chi connectivity index (χ1) is 16.5. The summed E-state index contributed by atoms with van der Waals surface area (Å²) in [6, 6.07) is 8.17. The van der Waals surface area contributed by atoms with Crippen molar-refractivity contribution in [3.05, 3.63) is 45.3 Å². The van der Waals surface area contributed by atoms with Gasteiger partial charge in [-0.2, -0.15) is 4.98 Å². The molecule has 1 aliphatic heterocycles. The SMILES string of the molecule is CN1CCC(Nc2nc(Nc3ccc(OC4CCCCC4)cc3)c3c(=O)[nH]cc(Br)c3n2)CC1.Cl. The van der Waals surface area contributed by atoms with Crippen molar-refractivity contribution >= 4 is 56.7 Å². The van der Waals surface area contributed by atoms with Crippen molar-refractivity contribution in [3.8, 4) is 5.75 Å². The Balaban J connectivity index is 0.00000289. The maximum absolute atomic E-state index is 12.7. The lowest BCUT2D eigenvalue weighted by Gasteiger charge is -2.29. The summed E-state index contributed by atoms with van der Waals surface area (Å²) in [5, 5.41) is 7.24. The summed E-state index contributed by atoms with van der Waals surface area (Å²) in [6.45, 7) is 2.07. The maximum atomic E-state index is 12.7. The van der Waals surface area contributed by atoms with Crippen LogP contribution in [0.5, 0.6) is 5.75 Å². The standard InChI is InChI=1S/C25H31BrN6O2.ClH/c1-32-13-11-17(12-14-32)29-25-30-22-20(26)15-27-24(33)21(22)23(31-25)28-16-7-9-19(10-8-16)34-18-5-3-2-4-6-18;/h7-10,15,17-18H,2-6,11-14H2,1H3,(H,27,33)(H2,28,29,30,31);1H. The van der Waals surface area contributed by atoms with Gasteiger partial charge in [0.05, 0.1) is 16.1 Å². The summed E-state index contributed by atoms with van der Waals surface area (Å²) in [7, 11) is 2.14. The molecule has 0 radical (unpaired) electrons. The van der Waals surface area contributed by atoms with Crippen molar-refractivity contribution in [1.82, 2.24) is 19.9 Å². The van der Waals surface area contributed by atoms with Crippen LogP contribution in [0.2, 0.25) is 0 Å². The summed E-state index contributed by atoms with van der Waals surface area (Å²) in [5.41, 5.74) is 1.18. The van der Waals surface area contributed by atoms with E-state index in [0.717, 1.165) is 54.7 Å². The Kier molecular flexibility index (Phi) is 8.51. The van der Waals surface area contributed by atoms with Crippen LogP contribution in [-0.2, 0) is 0 Å². The van der Waals surface area contributed by atoms with E-state index in [1.54, 1.807) is 6.20 Å². The molecule has 1 aromatic carbocycles. The maximum Gasteiger partial charge on any atom is 0.261 e. The van der Waals surface area contributed by atoms with Gasteiger partial charge in [0.25, 0.3) is 5.56 Å². The molecule has 3 N–H and O–H groups in total. The Morgan fingerprint density at radius 3 is 2.49 bits per heavy atom. The number of fused-ring (bicyclic) bond motifs is 1. The van der Waals surface area contributed by atoms with Crippen molar-refractivity contribution < 1.29 is 4.74 Å². The number of rotatable bonds is 6. The van der Waals surface area contributed by atoms with E-state index in [1.807, 2.05) is 24.3 Å². The lowest BCUT2D eigenvalue weighted by Crippen LogP contribution is -2.37. The van der Waals surface area contributed by atoms with Crippen molar-refractivity contribution in [1.29, 1.82) is 0 Å². The molecule has 1 saturated carbocycles. The molecule has 35 heavy (non-hydrogen) atoms. The molecular formula is C25H32BrClN6O2. The number of pyridine rings is 1. The zero-order valence-corrected chi connectivity index (χ0v) is 22.3. The van der Waals surface area contributed by atoms with Crippen molar-refractivity contribution in [2.24, 2.45) is 0 Å². The fraction of sp³-hybridized carbons (Fsp3) is 0.480. The zero-order chi connectivity index (χ0) is 23.5. The van der Waals surface area contributed by atoms with Crippen LogP contribution in [-0.4, -0.2) is 52.1 Å². The van der Waals surface area contributed by atoms with Gasteiger partial charge in [0.1, 0.15) is 17.0 Å². The molecule has 0 atom stereocenters. The summed E-state index contributed by atoms with van der Waals surface area (Å²) in [6.07, 6.45) is 10.0. The molecule has 2 aliphatic rings. The number of nitrogens with zero attached hydrogens (tertiary/aromatic N) is 3. The van der Waals surface area contributed by atoms with Gasteiger partial charge in [0.15, 0.2) is 0 Å². The second-order valence-electron chi connectivity index (χ2n) is 9.33. The van der Waals surface area contributed by atoms with E-state index in [2.05, 4.69) is 48.5 Å². The quantitative estimate of drug-likeness (QED) is 0.366. The Labute approximate surface area is 219 Å². The molecule has 2 fully saturated rings. The Hall–Kier alpha value is -2.36. The van der Waals surface area contributed by atoms with Gasteiger partial charge in [-0.15, -0.1) is 12.4 Å². The highest BCUT2D eigenvalue weighted by molar-refractivity contribution is 9.10. The molecule has 188 valence electrons. The highest BCUT2D eigenvalue weighted by Gasteiger charge is 2.20. The lowest BCUT2D eigenvalue weighted by molar-refractivity contribution is 0.155. The minimum absolute atomic E-state index is 0. The third-order valence-electron chi connectivity index (χ3n) is 6.72. The van der Waals surface area contributed by atoms with Gasteiger partial charge in [-0.3, -0.25) is 4.79 Å². The van der Waals surface area contributed by atoms with Gasteiger partial charge in [-0.25, -0.2) is 4.98 Å². The van der Waals surface area contributed by atoms with Gasteiger partial charge in [0.2, 0.25) is 5.95 Å². The molecule has 0 amide bonds. The monoisotopic (exact) mass is 562 g/mol. The average molecular weight is 564 g/mol.